The smallest absolute Gasteiger partial charge is 0.108 e. The Bertz CT molecular complexity index is 425. The number of anilines is 1. The topological polar surface area (TPSA) is 38.9 Å². The van der Waals surface area contributed by atoms with Crippen LogP contribution in [0.2, 0.25) is 5.02 Å². The largest absolute Gasteiger partial charge is 0.396 e. The molecule has 0 aliphatic rings. The third kappa shape index (κ3) is 1.53. The van der Waals surface area contributed by atoms with Crippen molar-refractivity contribution < 1.29 is 0 Å². The van der Waals surface area contributed by atoms with Gasteiger partial charge in [-0.2, -0.15) is 4.37 Å². The third-order valence-electron chi connectivity index (χ3n) is 1.73. The van der Waals surface area contributed by atoms with Gasteiger partial charge in [-0.15, -0.1) is 0 Å². The molecule has 0 aliphatic heterocycles. The lowest BCUT2D eigenvalue weighted by molar-refractivity contribution is 1.52. The van der Waals surface area contributed by atoms with Gasteiger partial charge in [-0.05, 0) is 17.6 Å². The monoisotopic (exact) mass is 210 g/mol. The minimum atomic E-state index is 0.679. The van der Waals surface area contributed by atoms with Crippen LogP contribution in [0.15, 0.2) is 29.6 Å². The van der Waals surface area contributed by atoms with Crippen molar-refractivity contribution >= 4 is 28.8 Å². The summed E-state index contributed by atoms with van der Waals surface area (Å²) in [7, 11) is 0. The quantitative estimate of drug-likeness (QED) is 0.786. The Hall–Kier alpha value is -1.06. The first-order valence-electron chi connectivity index (χ1n) is 3.74. The first kappa shape index (κ1) is 8.53. The summed E-state index contributed by atoms with van der Waals surface area (Å²) in [5, 5.41) is 2.48. The number of aromatic nitrogens is 1. The van der Waals surface area contributed by atoms with E-state index in [1.54, 1.807) is 5.38 Å². The number of nitrogen functional groups attached to an aromatic ring is 1. The van der Waals surface area contributed by atoms with Crippen LogP contribution in [0.25, 0.3) is 11.3 Å². The molecule has 66 valence electrons. The molecule has 0 saturated carbocycles. The number of halogens is 1. The molecule has 1 heterocycles. The number of benzene rings is 1. The Labute approximate surface area is 85.1 Å². The molecule has 0 radical (unpaired) electrons. The molecule has 0 saturated heterocycles. The van der Waals surface area contributed by atoms with Gasteiger partial charge in [0.25, 0.3) is 0 Å². The van der Waals surface area contributed by atoms with Gasteiger partial charge in [-0.3, -0.25) is 0 Å². The summed E-state index contributed by atoms with van der Waals surface area (Å²) in [4.78, 5) is 0. The summed E-state index contributed by atoms with van der Waals surface area (Å²) in [6, 6.07) is 7.54. The second kappa shape index (κ2) is 3.36. The molecule has 0 atom stereocenters. The lowest BCUT2D eigenvalue weighted by Crippen LogP contribution is -1.86. The van der Waals surface area contributed by atoms with Gasteiger partial charge in [-0.25, -0.2) is 0 Å². The predicted octanol–water partition coefficient (Wildman–Crippen LogP) is 3.05. The highest BCUT2D eigenvalue weighted by Crippen LogP contribution is 2.31. The van der Waals surface area contributed by atoms with Crippen LogP contribution in [0.3, 0.4) is 0 Å². The van der Waals surface area contributed by atoms with Gasteiger partial charge in [0.15, 0.2) is 0 Å². The molecule has 13 heavy (non-hydrogen) atoms. The van der Waals surface area contributed by atoms with Gasteiger partial charge in [-0.1, -0.05) is 29.8 Å². The fourth-order valence-electron chi connectivity index (χ4n) is 1.10. The predicted molar refractivity (Wildman–Crippen MR) is 57.0 cm³/mol. The van der Waals surface area contributed by atoms with Gasteiger partial charge in [0.05, 0.1) is 10.7 Å². The molecule has 0 spiro atoms. The average Bonchev–Trinajstić information content (AvgIpc) is 2.52. The van der Waals surface area contributed by atoms with Crippen LogP contribution in [0, 0.1) is 0 Å². The zero-order chi connectivity index (χ0) is 9.26. The second-order valence-electron chi connectivity index (χ2n) is 2.60. The summed E-state index contributed by atoms with van der Waals surface area (Å²) in [5.74, 6) is 0. The number of nitrogens with zero attached hydrogens (tertiary/aromatic N) is 1. The maximum absolute atomic E-state index is 6.00. The molecule has 2 rings (SSSR count). The summed E-state index contributed by atoms with van der Waals surface area (Å²) in [6.07, 6.45) is 0. The van der Waals surface area contributed by atoms with Crippen molar-refractivity contribution in [2.24, 2.45) is 0 Å². The SMILES string of the molecule is Nc1csnc1-c1ccccc1Cl. The van der Waals surface area contributed by atoms with Gasteiger partial charge in [0.2, 0.25) is 0 Å². The molecule has 0 aliphatic carbocycles. The molecule has 2 aromatic rings. The molecule has 1 aromatic carbocycles. The third-order valence-corrected chi connectivity index (χ3v) is 2.70. The highest BCUT2D eigenvalue weighted by Gasteiger charge is 2.08. The molecule has 0 unspecified atom stereocenters. The van der Waals surface area contributed by atoms with Crippen molar-refractivity contribution in [3.05, 3.63) is 34.7 Å². The fraction of sp³-hybridized carbons (Fsp3) is 0. The van der Waals surface area contributed by atoms with E-state index >= 15 is 0 Å². The summed E-state index contributed by atoms with van der Waals surface area (Å²) in [5.41, 5.74) is 8.07. The van der Waals surface area contributed by atoms with E-state index in [-0.39, 0.29) is 0 Å². The normalized spacial score (nSPS) is 10.2. The van der Waals surface area contributed by atoms with E-state index < -0.39 is 0 Å². The highest BCUT2D eigenvalue weighted by molar-refractivity contribution is 7.04. The maximum atomic E-state index is 6.00. The summed E-state index contributed by atoms with van der Waals surface area (Å²) in [6.45, 7) is 0. The fourth-order valence-corrected chi connectivity index (χ4v) is 1.91. The molecule has 0 amide bonds. The summed E-state index contributed by atoms with van der Waals surface area (Å²) < 4.78 is 4.18. The molecular weight excluding hydrogens is 204 g/mol. The van der Waals surface area contributed by atoms with Crippen LogP contribution in [-0.4, -0.2) is 4.37 Å². The van der Waals surface area contributed by atoms with E-state index in [0.717, 1.165) is 11.3 Å². The van der Waals surface area contributed by atoms with E-state index in [1.807, 2.05) is 24.3 Å². The number of hydrogen-bond donors (Lipinski definition) is 1. The van der Waals surface area contributed by atoms with Gasteiger partial charge in [0.1, 0.15) is 5.69 Å². The van der Waals surface area contributed by atoms with E-state index in [4.69, 9.17) is 17.3 Å². The molecule has 4 heteroatoms. The van der Waals surface area contributed by atoms with Crippen LogP contribution >= 0.6 is 23.1 Å². The number of rotatable bonds is 1. The number of hydrogen-bond acceptors (Lipinski definition) is 3. The van der Waals surface area contributed by atoms with Crippen LogP contribution in [0.1, 0.15) is 0 Å². The van der Waals surface area contributed by atoms with Crippen molar-refractivity contribution in [1.82, 2.24) is 4.37 Å². The first-order chi connectivity index (χ1) is 6.29. The average molecular weight is 211 g/mol. The second-order valence-corrected chi connectivity index (χ2v) is 3.63. The van der Waals surface area contributed by atoms with Gasteiger partial charge >= 0.3 is 0 Å². The zero-order valence-corrected chi connectivity index (χ0v) is 8.27. The minimum absolute atomic E-state index is 0.679. The Kier molecular flexibility index (Phi) is 2.20. The van der Waals surface area contributed by atoms with Gasteiger partial charge in [0, 0.05) is 10.9 Å². The molecule has 2 nitrogen and oxygen atoms in total. The van der Waals surface area contributed by atoms with Gasteiger partial charge < -0.3 is 5.73 Å². The van der Waals surface area contributed by atoms with Crippen LogP contribution in [-0.2, 0) is 0 Å². The molecule has 0 fully saturated rings. The zero-order valence-electron chi connectivity index (χ0n) is 6.70. The van der Waals surface area contributed by atoms with E-state index in [1.165, 1.54) is 11.5 Å². The van der Waals surface area contributed by atoms with Crippen LogP contribution in [0.5, 0.6) is 0 Å². The summed E-state index contributed by atoms with van der Waals surface area (Å²) >= 11 is 7.33. The lowest BCUT2D eigenvalue weighted by Gasteiger charge is -2.00. The first-order valence-corrected chi connectivity index (χ1v) is 4.95. The van der Waals surface area contributed by atoms with Crippen molar-refractivity contribution in [1.29, 1.82) is 0 Å². The molecular formula is C9H7ClN2S. The van der Waals surface area contributed by atoms with Crippen LogP contribution in [0.4, 0.5) is 5.69 Å². The Morgan fingerprint density at radius 2 is 2.08 bits per heavy atom. The highest BCUT2D eigenvalue weighted by atomic mass is 35.5. The van der Waals surface area contributed by atoms with E-state index in [9.17, 15) is 0 Å². The standard InChI is InChI=1S/C9H7ClN2S/c10-7-4-2-1-3-6(7)9-8(11)5-13-12-9/h1-5H,11H2. The van der Waals surface area contributed by atoms with Crippen molar-refractivity contribution in [3.8, 4) is 11.3 Å². The minimum Gasteiger partial charge on any atom is -0.396 e. The maximum Gasteiger partial charge on any atom is 0.108 e. The Balaban J connectivity index is 2.59. The van der Waals surface area contributed by atoms with Crippen molar-refractivity contribution in [2.75, 3.05) is 5.73 Å². The molecule has 1 aromatic heterocycles. The van der Waals surface area contributed by atoms with Crippen molar-refractivity contribution in [2.45, 2.75) is 0 Å². The Morgan fingerprint density at radius 3 is 2.69 bits per heavy atom. The Morgan fingerprint density at radius 1 is 1.31 bits per heavy atom. The lowest BCUT2D eigenvalue weighted by atomic mass is 10.1. The number of nitrogens with two attached hydrogens (primary N) is 1. The molecule has 2 N–H and O–H groups in total. The van der Waals surface area contributed by atoms with Crippen LogP contribution < -0.4 is 5.73 Å². The molecule has 0 bridgehead atoms. The van der Waals surface area contributed by atoms with E-state index in [2.05, 4.69) is 4.37 Å². The van der Waals surface area contributed by atoms with Crippen molar-refractivity contribution in [3.63, 3.8) is 0 Å². The van der Waals surface area contributed by atoms with E-state index in [0.29, 0.717) is 10.7 Å².